The Morgan fingerprint density at radius 3 is 2.69 bits per heavy atom. The lowest BCUT2D eigenvalue weighted by molar-refractivity contribution is 0.735. The van der Waals surface area contributed by atoms with Crippen molar-refractivity contribution in [2.45, 2.75) is 6.92 Å². The normalized spacial score (nSPS) is 10.9. The van der Waals surface area contributed by atoms with Crippen molar-refractivity contribution >= 4 is 22.6 Å². The summed E-state index contributed by atoms with van der Waals surface area (Å²) in [5, 5.41) is 3.90. The molecule has 2 heterocycles. The SMILES string of the molecule is Cc1cc2c(=O)c(Cl)nn(C)c2n(N)c1=O. The van der Waals surface area contributed by atoms with E-state index in [-0.39, 0.29) is 21.7 Å². The Labute approximate surface area is 94.8 Å². The van der Waals surface area contributed by atoms with Gasteiger partial charge in [0.2, 0.25) is 5.43 Å². The Morgan fingerprint density at radius 1 is 1.44 bits per heavy atom. The zero-order valence-electron chi connectivity index (χ0n) is 8.69. The molecule has 0 bridgehead atoms. The number of nitrogens with two attached hydrogens (primary N) is 1. The molecule has 0 radical (unpaired) electrons. The molecule has 2 aromatic rings. The van der Waals surface area contributed by atoms with E-state index in [0.717, 1.165) is 4.68 Å². The van der Waals surface area contributed by atoms with Crippen LogP contribution in [0.1, 0.15) is 5.56 Å². The van der Waals surface area contributed by atoms with Crippen molar-refractivity contribution in [2.24, 2.45) is 7.05 Å². The largest absolute Gasteiger partial charge is 0.334 e. The maximum atomic E-state index is 11.7. The van der Waals surface area contributed by atoms with E-state index in [0.29, 0.717) is 5.56 Å². The molecule has 16 heavy (non-hydrogen) atoms. The lowest BCUT2D eigenvalue weighted by Crippen LogP contribution is -2.32. The average molecular weight is 241 g/mol. The Kier molecular flexibility index (Phi) is 2.23. The van der Waals surface area contributed by atoms with E-state index in [4.69, 9.17) is 17.4 Å². The van der Waals surface area contributed by atoms with Gasteiger partial charge in [-0.3, -0.25) is 9.59 Å². The molecule has 0 unspecified atom stereocenters. The van der Waals surface area contributed by atoms with Crippen molar-refractivity contribution < 1.29 is 0 Å². The first-order valence-electron chi connectivity index (χ1n) is 4.47. The fourth-order valence-electron chi connectivity index (χ4n) is 1.59. The number of hydrogen-bond acceptors (Lipinski definition) is 4. The minimum absolute atomic E-state index is 0.145. The van der Waals surface area contributed by atoms with Crippen molar-refractivity contribution in [3.05, 3.63) is 37.4 Å². The minimum atomic E-state index is -0.433. The molecular weight excluding hydrogens is 232 g/mol. The number of fused-ring (bicyclic) bond motifs is 1. The van der Waals surface area contributed by atoms with Crippen LogP contribution in [0.4, 0.5) is 0 Å². The smallest absolute Gasteiger partial charge is 0.273 e. The van der Waals surface area contributed by atoms with Gasteiger partial charge in [0.25, 0.3) is 5.56 Å². The second-order valence-corrected chi connectivity index (χ2v) is 3.84. The third kappa shape index (κ3) is 1.30. The van der Waals surface area contributed by atoms with E-state index >= 15 is 0 Å². The number of aryl methyl sites for hydroxylation is 2. The molecule has 7 heteroatoms. The number of halogens is 1. The van der Waals surface area contributed by atoms with Crippen molar-refractivity contribution in [2.75, 3.05) is 5.84 Å². The maximum absolute atomic E-state index is 11.7. The van der Waals surface area contributed by atoms with Crippen LogP contribution in [0.25, 0.3) is 11.0 Å². The van der Waals surface area contributed by atoms with E-state index in [1.165, 1.54) is 10.7 Å². The molecule has 0 aliphatic carbocycles. The summed E-state index contributed by atoms with van der Waals surface area (Å²) < 4.78 is 2.20. The van der Waals surface area contributed by atoms with Gasteiger partial charge in [0.05, 0.1) is 5.39 Å². The summed E-state index contributed by atoms with van der Waals surface area (Å²) in [4.78, 5) is 23.3. The second kappa shape index (κ2) is 3.34. The van der Waals surface area contributed by atoms with Gasteiger partial charge in [-0.1, -0.05) is 11.6 Å². The molecule has 0 aromatic carbocycles. The minimum Gasteiger partial charge on any atom is -0.334 e. The first kappa shape index (κ1) is 10.7. The highest BCUT2D eigenvalue weighted by Crippen LogP contribution is 2.08. The summed E-state index contributed by atoms with van der Waals surface area (Å²) in [6.45, 7) is 1.58. The van der Waals surface area contributed by atoms with Gasteiger partial charge in [0, 0.05) is 12.6 Å². The fraction of sp³-hybridized carbons (Fsp3) is 0.222. The molecule has 0 saturated heterocycles. The van der Waals surface area contributed by atoms with Crippen LogP contribution in [0, 0.1) is 6.92 Å². The van der Waals surface area contributed by atoms with E-state index in [2.05, 4.69) is 5.10 Å². The quantitative estimate of drug-likeness (QED) is 0.645. The van der Waals surface area contributed by atoms with Crippen LogP contribution >= 0.6 is 11.6 Å². The predicted octanol–water partition coefficient (Wildman–Crippen LogP) is -0.229. The van der Waals surface area contributed by atoms with Gasteiger partial charge in [-0.05, 0) is 13.0 Å². The molecule has 0 spiro atoms. The molecule has 0 fully saturated rings. The van der Waals surface area contributed by atoms with Gasteiger partial charge < -0.3 is 5.84 Å². The number of hydrogen-bond donors (Lipinski definition) is 1. The van der Waals surface area contributed by atoms with Gasteiger partial charge >= 0.3 is 0 Å². The van der Waals surface area contributed by atoms with Crippen LogP contribution in [0.15, 0.2) is 15.7 Å². The lowest BCUT2D eigenvalue weighted by atomic mass is 10.2. The molecule has 0 aliphatic rings. The molecular formula is C9H9ClN4O2. The van der Waals surface area contributed by atoms with Crippen molar-refractivity contribution in [1.29, 1.82) is 0 Å². The lowest BCUT2D eigenvalue weighted by Gasteiger charge is -2.09. The van der Waals surface area contributed by atoms with Crippen molar-refractivity contribution in [1.82, 2.24) is 14.5 Å². The average Bonchev–Trinajstić information content (AvgIpc) is 2.22. The predicted molar refractivity (Wildman–Crippen MR) is 61.1 cm³/mol. The highest BCUT2D eigenvalue weighted by molar-refractivity contribution is 6.29. The number of nitrogen functional groups attached to an aromatic ring is 1. The van der Waals surface area contributed by atoms with Crippen LogP contribution in [0.5, 0.6) is 0 Å². The Hall–Kier alpha value is -1.82. The summed E-state index contributed by atoms with van der Waals surface area (Å²) in [6, 6.07) is 1.47. The highest BCUT2D eigenvalue weighted by atomic mass is 35.5. The zero-order valence-corrected chi connectivity index (χ0v) is 9.45. The van der Waals surface area contributed by atoms with Crippen LogP contribution < -0.4 is 16.8 Å². The monoisotopic (exact) mass is 240 g/mol. The topological polar surface area (TPSA) is 82.9 Å². The van der Waals surface area contributed by atoms with Crippen LogP contribution in [-0.2, 0) is 7.05 Å². The van der Waals surface area contributed by atoms with Gasteiger partial charge in [-0.25, -0.2) is 9.36 Å². The summed E-state index contributed by atoms with van der Waals surface area (Å²) >= 11 is 5.66. The number of aromatic nitrogens is 3. The zero-order chi connectivity index (χ0) is 12.0. The molecule has 2 rings (SSSR count). The van der Waals surface area contributed by atoms with Gasteiger partial charge in [-0.2, -0.15) is 5.10 Å². The fourth-order valence-corrected chi connectivity index (χ4v) is 1.81. The van der Waals surface area contributed by atoms with E-state index in [9.17, 15) is 9.59 Å². The Balaban J connectivity index is 3.20. The molecule has 0 amide bonds. The standard InChI is InChI=1S/C9H9ClN4O2/c1-4-3-5-6(15)7(10)12-13(2)8(5)14(11)9(4)16/h3H,11H2,1-2H3. The number of rotatable bonds is 0. The molecule has 0 atom stereocenters. The first-order chi connectivity index (χ1) is 7.43. The van der Waals surface area contributed by atoms with Gasteiger partial charge in [0.1, 0.15) is 0 Å². The molecule has 6 nitrogen and oxygen atoms in total. The summed E-state index contributed by atoms with van der Waals surface area (Å²) in [5.74, 6) is 5.60. The van der Waals surface area contributed by atoms with E-state index < -0.39 is 5.43 Å². The van der Waals surface area contributed by atoms with Crippen molar-refractivity contribution in [3.63, 3.8) is 0 Å². The van der Waals surface area contributed by atoms with Gasteiger partial charge in [0.15, 0.2) is 10.8 Å². The maximum Gasteiger partial charge on any atom is 0.273 e. The van der Waals surface area contributed by atoms with E-state index in [1.807, 2.05) is 0 Å². The summed E-state index contributed by atoms with van der Waals surface area (Å²) in [7, 11) is 1.56. The van der Waals surface area contributed by atoms with Crippen LogP contribution in [-0.4, -0.2) is 14.5 Å². The van der Waals surface area contributed by atoms with Crippen molar-refractivity contribution in [3.8, 4) is 0 Å². The highest BCUT2D eigenvalue weighted by Gasteiger charge is 2.12. The second-order valence-electron chi connectivity index (χ2n) is 3.48. The molecule has 2 N–H and O–H groups in total. The summed E-state index contributed by atoms with van der Waals surface area (Å²) in [5.41, 5.74) is -0.178. The molecule has 0 saturated carbocycles. The molecule has 2 aromatic heterocycles. The Morgan fingerprint density at radius 2 is 2.06 bits per heavy atom. The van der Waals surface area contributed by atoms with Crippen LogP contribution in [0.2, 0.25) is 5.15 Å². The third-order valence-corrected chi connectivity index (χ3v) is 2.61. The molecule has 84 valence electrons. The number of nitrogens with zero attached hydrogens (tertiary/aromatic N) is 3. The van der Waals surface area contributed by atoms with E-state index in [1.54, 1.807) is 14.0 Å². The molecule has 0 aliphatic heterocycles. The summed E-state index contributed by atoms with van der Waals surface area (Å²) in [6.07, 6.45) is 0. The Bertz CT molecular complexity index is 701. The number of pyridine rings is 1. The van der Waals surface area contributed by atoms with Crippen LogP contribution in [0.3, 0.4) is 0 Å². The third-order valence-electron chi connectivity index (χ3n) is 2.36. The van der Waals surface area contributed by atoms with Gasteiger partial charge in [-0.15, -0.1) is 0 Å². The first-order valence-corrected chi connectivity index (χ1v) is 4.85.